The smallest absolute Gasteiger partial charge is 0.229 e. The lowest BCUT2D eigenvalue weighted by molar-refractivity contribution is -0.128. The number of nitrogens with two attached hydrogens (primary N) is 1. The summed E-state index contributed by atoms with van der Waals surface area (Å²) in [4.78, 5) is 15.5. The van der Waals surface area contributed by atoms with E-state index in [1.54, 1.807) is 5.01 Å². The molecule has 10 heteroatoms. The molecule has 0 aromatic heterocycles. The average molecular weight is 370 g/mol. The highest BCUT2D eigenvalue weighted by Crippen LogP contribution is 2.23. The zero-order chi connectivity index (χ0) is 18.3. The second-order valence-electron chi connectivity index (χ2n) is 7.93. The third-order valence-electron chi connectivity index (χ3n) is 6.12. The molecule has 148 valence electrons. The third kappa shape index (κ3) is 3.47. The minimum atomic E-state index is -0.955. The molecule has 7 unspecified atom stereocenters. The molecule has 0 radical (unpaired) electrons. The van der Waals surface area contributed by atoms with E-state index >= 15 is 0 Å². The number of hydrogen-bond acceptors (Lipinski definition) is 8. The van der Waals surface area contributed by atoms with Crippen LogP contribution in [-0.4, -0.2) is 91.8 Å². The van der Waals surface area contributed by atoms with E-state index in [0.29, 0.717) is 12.1 Å². The summed E-state index contributed by atoms with van der Waals surface area (Å²) in [6.07, 6.45) is -0.730. The van der Waals surface area contributed by atoms with Crippen LogP contribution in [-0.2, 0) is 4.79 Å². The maximum absolute atomic E-state index is 13.6. The van der Waals surface area contributed by atoms with Crippen LogP contribution in [0.15, 0.2) is 0 Å². The summed E-state index contributed by atoms with van der Waals surface area (Å²) in [6.45, 7) is 6.27. The van der Waals surface area contributed by atoms with Crippen molar-refractivity contribution in [2.24, 2.45) is 11.7 Å². The van der Waals surface area contributed by atoms with Gasteiger partial charge in [0.1, 0.15) is 6.17 Å². The van der Waals surface area contributed by atoms with Gasteiger partial charge in [0.2, 0.25) is 5.91 Å². The number of hydrogen-bond donors (Lipinski definition) is 6. The lowest BCUT2D eigenvalue weighted by Gasteiger charge is -2.41. The van der Waals surface area contributed by atoms with Gasteiger partial charge in [-0.05, 0) is 19.9 Å². The van der Waals surface area contributed by atoms with Gasteiger partial charge in [0.05, 0.1) is 24.3 Å². The molecule has 4 rings (SSSR count). The number of alkyl halides is 1. The number of halogens is 1. The molecule has 0 aliphatic carbocycles. The zero-order valence-electron chi connectivity index (χ0n) is 15.2. The molecule has 7 N–H and O–H groups in total. The molecule has 0 spiro atoms. The number of carbonyl (C=O) groups is 1. The number of rotatable bonds is 3. The number of fused-ring (bicyclic) bond motifs is 1. The Bertz CT molecular complexity index is 524. The lowest BCUT2D eigenvalue weighted by atomic mass is 9.96. The monoisotopic (exact) mass is 370 g/mol. The minimum absolute atomic E-state index is 0.0392. The number of piperidine rings is 1. The van der Waals surface area contributed by atoms with E-state index in [-0.39, 0.29) is 31.2 Å². The molecular formula is C16H31FN8O. The van der Waals surface area contributed by atoms with Crippen LogP contribution in [0.2, 0.25) is 0 Å². The van der Waals surface area contributed by atoms with Gasteiger partial charge >= 0.3 is 0 Å². The Hall–Kier alpha value is -0.880. The first-order valence-electron chi connectivity index (χ1n) is 9.68. The topological polar surface area (TPSA) is 110 Å². The van der Waals surface area contributed by atoms with Crippen molar-refractivity contribution in [1.29, 1.82) is 0 Å². The fourth-order valence-corrected chi connectivity index (χ4v) is 4.77. The standard InChI is InChI=1S/C16H31FN8O/c1-9-4-20-8-24(9)12-2-3-19-6-11(12)22-16(26)13-14(18)23-25-7-10(17)5-21-15(13)25/h9-15,19-21,23H,2-8,18H2,1H3,(H,22,26). The summed E-state index contributed by atoms with van der Waals surface area (Å²) in [5, 5.41) is 14.9. The van der Waals surface area contributed by atoms with E-state index < -0.39 is 18.3 Å². The molecule has 0 aromatic carbocycles. The van der Waals surface area contributed by atoms with Gasteiger partial charge < -0.3 is 21.7 Å². The van der Waals surface area contributed by atoms with Crippen molar-refractivity contribution in [2.45, 2.75) is 50.0 Å². The lowest BCUT2D eigenvalue weighted by Crippen LogP contribution is -2.63. The molecule has 26 heavy (non-hydrogen) atoms. The minimum Gasteiger partial charge on any atom is -0.350 e. The first-order valence-corrected chi connectivity index (χ1v) is 9.68. The summed E-state index contributed by atoms with van der Waals surface area (Å²) >= 11 is 0. The number of carbonyl (C=O) groups excluding carboxylic acids is 1. The van der Waals surface area contributed by atoms with Gasteiger partial charge in [-0.1, -0.05) is 0 Å². The maximum Gasteiger partial charge on any atom is 0.229 e. The van der Waals surface area contributed by atoms with Crippen LogP contribution in [0, 0.1) is 5.92 Å². The highest BCUT2D eigenvalue weighted by molar-refractivity contribution is 5.81. The van der Waals surface area contributed by atoms with Crippen molar-refractivity contribution in [2.75, 3.05) is 39.4 Å². The Morgan fingerprint density at radius 3 is 2.88 bits per heavy atom. The molecule has 7 atom stereocenters. The van der Waals surface area contributed by atoms with Crippen LogP contribution in [0.5, 0.6) is 0 Å². The van der Waals surface area contributed by atoms with E-state index in [2.05, 4.69) is 38.5 Å². The van der Waals surface area contributed by atoms with Gasteiger partial charge in [-0.2, -0.15) is 0 Å². The molecule has 4 heterocycles. The molecular weight excluding hydrogens is 339 g/mol. The summed E-state index contributed by atoms with van der Waals surface area (Å²) in [6, 6.07) is 0.809. The van der Waals surface area contributed by atoms with Gasteiger partial charge in [0.15, 0.2) is 0 Å². The van der Waals surface area contributed by atoms with Crippen LogP contribution in [0.4, 0.5) is 4.39 Å². The summed E-state index contributed by atoms with van der Waals surface area (Å²) < 4.78 is 13.6. The molecule has 0 bridgehead atoms. The van der Waals surface area contributed by atoms with E-state index in [9.17, 15) is 9.18 Å². The largest absolute Gasteiger partial charge is 0.350 e. The van der Waals surface area contributed by atoms with Gasteiger partial charge in [-0.3, -0.25) is 15.0 Å². The molecule has 4 aliphatic rings. The van der Waals surface area contributed by atoms with Crippen molar-refractivity contribution < 1.29 is 9.18 Å². The Morgan fingerprint density at radius 2 is 2.12 bits per heavy atom. The summed E-state index contributed by atoms with van der Waals surface area (Å²) in [5.74, 6) is -0.514. The second-order valence-corrected chi connectivity index (χ2v) is 7.93. The highest BCUT2D eigenvalue weighted by Gasteiger charge is 2.48. The molecule has 4 aliphatic heterocycles. The number of hydrazine groups is 1. The van der Waals surface area contributed by atoms with Gasteiger partial charge in [-0.25, -0.2) is 14.8 Å². The average Bonchev–Trinajstić information content (AvgIpc) is 3.17. The van der Waals surface area contributed by atoms with Crippen LogP contribution in [0.1, 0.15) is 13.3 Å². The SMILES string of the molecule is CC1CNCN1C1CCNCC1NC(=O)C1C(N)NN2CC(F)CNC12. The molecule has 4 fully saturated rings. The van der Waals surface area contributed by atoms with Crippen LogP contribution in [0.3, 0.4) is 0 Å². The van der Waals surface area contributed by atoms with Crippen LogP contribution in [0.25, 0.3) is 0 Å². The fraction of sp³-hybridized carbons (Fsp3) is 0.938. The maximum atomic E-state index is 13.6. The van der Waals surface area contributed by atoms with Gasteiger partial charge in [-0.15, -0.1) is 0 Å². The van der Waals surface area contributed by atoms with Gasteiger partial charge in [0, 0.05) is 44.9 Å². The summed E-state index contributed by atoms with van der Waals surface area (Å²) in [7, 11) is 0. The number of nitrogens with one attached hydrogen (secondary N) is 5. The molecule has 9 nitrogen and oxygen atoms in total. The predicted molar refractivity (Wildman–Crippen MR) is 95.4 cm³/mol. The van der Waals surface area contributed by atoms with Crippen molar-refractivity contribution >= 4 is 5.91 Å². The first kappa shape index (κ1) is 18.5. The Labute approximate surface area is 153 Å². The molecule has 1 amide bonds. The third-order valence-corrected chi connectivity index (χ3v) is 6.12. The van der Waals surface area contributed by atoms with E-state index in [1.165, 1.54) is 0 Å². The second kappa shape index (κ2) is 7.63. The Balaban J connectivity index is 1.42. The molecule has 0 aromatic rings. The fourth-order valence-electron chi connectivity index (χ4n) is 4.77. The Morgan fingerprint density at radius 1 is 1.27 bits per heavy atom. The molecule has 0 saturated carbocycles. The van der Waals surface area contributed by atoms with Crippen molar-refractivity contribution in [3.8, 4) is 0 Å². The van der Waals surface area contributed by atoms with E-state index in [1.807, 2.05) is 0 Å². The predicted octanol–water partition coefficient (Wildman–Crippen LogP) is -2.93. The van der Waals surface area contributed by atoms with Crippen molar-refractivity contribution in [3.05, 3.63) is 0 Å². The van der Waals surface area contributed by atoms with E-state index in [4.69, 9.17) is 5.73 Å². The van der Waals surface area contributed by atoms with Crippen LogP contribution >= 0.6 is 0 Å². The van der Waals surface area contributed by atoms with E-state index in [0.717, 1.165) is 32.7 Å². The van der Waals surface area contributed by atoms with Crippen molar-refractivity contribution in [3.63, 3.8) is 0 Å². The molecule has 4 saturated heterocycles. The summed E-state index contributed by atoms with van der Waals surface area (Å²) in [5.41, 5.74) is 9.20. The first-order chi connectivity index (χ1) is 12.5. The Kier molecular flexibility index (Phi) is 5.42. The number of nitrogens with zero attached hydrogens (tertiary/aromatic N) is 2. The van der Waals surface area contributed by atoms with Gasteiger partial charge in [0.25, 0.3) is 0 Å². The highest BCUT2D eigenvalue weighted by atomic mass is 19.1. The normalized spacial score (nSPS) is 44.8. The number of amides is 1. The van der Waals surface area contributed by atoms with Crippen molar-refractivity contribution in [1.82, 2.24) is 36.6 Å². The quantitative estimate of drug-likeness (QED) is 0.314. The zero-order valence-corrected chi connectivity index (χ0v) is 15.2. The van der Waals surface area contributed by atoms with Crippen LogP contribution < -0.4 is 32.4 Å².